The maximum Gasteiger partial charge on any atom is 0.306 e. The van der Waals surface area contributed by atoms with E-state index in [1.165, 1.54) is 18.9 Å². The minimum Gasteiger partial charge on any atom is -0.469 e. The van der Waals surface area contributed by atoms with Crippen molar-refractivity contribution in [3.05, 3.63) is 11.4 Å². The summed E-state index contributed by atoms with van der Waals surface area (Å²) < 4.78 is 4.61. The summed E-state index contributed by atoms with van der Waals surface area (Å²) in [4.78, 5) is 19.9. The van der Waals surface area contributed by atoms with Crippen LogP contribution in [0.2, 0.25) is 0 Å². The first kappa shape index (κ1) is 15.7. The Kier molecular flexibility index (Phi) is 6.04. The lowest BCUT2D eigenvalue weighted by Gasteiger charge is -2.13. The molecule has 0 radical (unpaired) electrons. The van der Waals surface area contributed by atoms with Gasteiger partial charge in [-0.25, -0.2) is 15.8 Å². The number of nitrogen functional groups attached to an aromatic ring is 1. The highest BCUT2D eigenvalue weighted by Gasteiger charge is 2.13. The van der Waals surface area contributed by atoms with E-state index in [1.807, 2.05) is 20.8 Å². The van der Waals surface area contributed by atoms with Crippen LogP contribution < -0.4 is 11.3 Å². The van der Waals surface area contributed by atoms with Crippen molar-refractivity contribution in [1.29, 1.82) is 0 Å². The maximum absolute atomic E-state index is 11.1. The standard InChI is InChI=1S/C12H20N4O2S/c1-7(2)10-14-11(16-13)8(3)12(15-10)19-6-5-9(17)18-4/h7H,5-6,13H2,1-4H3,(H,14,15,16). The normalized spacial score (nSPS) is 10.6. The van der Waals surface area contributed by atoms with Gasteiger partial charge in [-0.15, -0.1) is 11.8 Å². The Hall–Kier alpha value is -1.34. The highest BCUT2D eigenvalue weighted by atomic mass is 32.2. The fraction of sp³-hybridized carbons (Fsp3) is 0.583. The fourth-order valence-electron chi connectivity index (χ4n) is 1.38. The summed E-state index contributed by atoms with van der Waals surface area (Å²) in [6.07, 6.45) is 0.354. The van der Waals surface area contributed by atoms with Crippen molar-refractivity contribution < 1.29 is 9.53 Å². The number of nitrogens with two attached hydrogens (primary N) is 1. The number of aromatic nitrogens is 2. The van der Waals surface area contributed by atoms with Gasteiger partial charge in [0.15, 0.2) is 0 Å². The van der Waals surface area contributed by atoms with Crippen molar-refractivity contribution in [3.63, 3.8) is 0 Å². The summed E-state index contributed by atoms with van der Waals surface area (Å²) >= 11 is 1.50. The van der Waals surface area contributed by atoms with Crippen molar-refractivity contribution in [2.24, 2.45) is 5.84 Å². The largest absolute Gasteiger partial charge is 0.469 e. The first-order chi connectivity index (χ1) is 8.99. The SMILES string of the molecule is COC(=O)CCSc1nc(C(C)C)nc(NN)c1C. The second-order valence-corrected chi connectivity index (χ2v) is 5.42. The predicted molar refractivity (Wildman–Crippen MR) is 76.0 cm³/mol. The van der Waals surface area contributed by atoms with Crippen molar-refractivity contribution >= 4 is 23.5 Å². The zero-order chi connectivity index (χ0) is 14.4. The van der Waals surface area contributed by atoms with Gasteiger partial charge < -0.3 is 10.2 Å². The number of nitrogens with one attached hydrogen (secondary N) is 1. The molecule has 6 nitrogen and oxygen atoms in total. The quantitative estimate of drug-likeness (QED) is 0.271. The van der Waals surface area contributed by atoms with E-state index in [4.69, 9.17) is 5.84 Å². The van der Waals surface area contributed by atoms with Gasteiger partial charge in [-0.05, 0) is 6.92 Å². The molecule has 0 spiro atoms. The lowest BCUT2D eigenvalue weighted by Crippen LogP contribution is -2.14. The molecule has 0 aliphatic rings. The molecule has 0 fully saturated rings. The average Bonchev–Trinajstić information content (AvgIpc) is 2.40. The van der Waals surface area contributed by atoms with Crippen LogP contribution in [0.5, 0.6) is 0 Å². The number of hydrogen-bond donors (Lipinski definition) is 2. The smallest absolute Gasteiger partial charge is 0.306 e. The monoisotopic (exact) mass is 284 g/mol. The molecule has 3 N–H and O–H groups in total. The predicted octanol–water partition coefficient (Wildman–Crippen LogP) is 1.85. The number of anilines is 1. The highest BCUT2D eigenvalue weighted by molar-refractivity contribution is 7.99. The van der Waals surface area contributed by atoms with Gasteiger partial charge in [0.25, 0.3) is 0 Å². The molecule has 106 valence electrons. The molecule has 0 aromatic carbocycles. The third kappa shape index (κ3) is 4.36. The topological polar surface area (TPSA) is 90.1 Å². The number of nitrogens with zero attached hydrogens (tertiary/aromatic N) is 2. The number of ether oxygens (including phenoxy) is 1. The Bertz CT molecular complexity index is 452. The average molecular weight is 284 g/mol. The fourth-order valence-corrected chi connectivity index (χ4v) is 2.32. The van der Waals surface area contributed by atoms with Crippen LogP contribution in [-0.4, -0.2) is 28.8 Å². The molecule has 7 heteroatoms. The Balaban J connectivity index is 2.86. The van der Waals surface area contributed by atoms with Crippen molar-refractivity contribution in [2.45, 2.75) is 38.1 Å². The minimum atomic E-state index is -0.222. The second kappa shape index (κ2) is 7.30. The number of thioether (sulfide) groups is 1. The van der Waals surface area contributed by atoms with Crippen molar-refractivity contribution in [1.82, 2.24) is 9.97 Å². The van der Waals surface area contributed by atoms with Crippen molar-refractivity contribution in [3.8, 4) is 0 Å². The maximum atomic E-state index is 11.1. The van der Waals surface area contributed by atoms with Crippen LogP contribution in [0.1, 0.15) is 37.6 Å². The van der Waals surface area contributed by atoms with E-state index in [0.29, 0.717) is 18.0 Å². The van der Waals surface area contributed by atoms with Crippen molar-refractivity contribution in [2.75, 3.05) is 18.3 Å². The van der Waals surface area contributed by atoms with Gasteiger partial charge in [0.05, 0.1) is 13.5 Å². The molecule has 0 aliphatic carbocycles. The number of hydrazine groups is 1. The number of hydrogen-bond acceptors (Lipinski definition) is 7. The van der Waals surface area contributed by atoms with E-state index in [1.54, 1.807) is 0 Å². The van der Waals surface area contributed by atoms with Crippen LogP contribution in [0.25, 0.3) is 0 Å². The molecule has 0 saturated carbocycles. The van der Waals surface area contributed by atoms with E-state index >= 15 is 0 Å². The van der Waals surface area contributed by atoms with Crippen LogP contribution in [0.4, 0.5) is 5.82 Å². The summed E-state index contributed by atoms with van der Waals surface area (Å²) in [5.74, 6) is 7.43. The number of rotatable bonds is 6. The molecule has 1 rings (SSSR count). The van der Waals surface area contributed by atoms with Gasteiger partial charge in [0.1, 0.15) is 16.7 Å². The summed E-state index contributed by atoms with van der Waals surface area (Å²) in [5, 5.41) is 0.843. The third-order valence-electron chi connectivity index (χ3n) is 2.54. The van der Waals surface area contributed by atoms with Gasteiger partial charge in [-0.1, -0.05) is 13.8 Å². The van der Waals surface area contributed by atoms with E-state index in [9.17, 15) is 4.79 Å². The van der Waals surface area contributed by atoms with Crippen LogP contribution >= 0.6 is 11.8 Å². The molecule has 0 saturated heterocycles. The summed E-state index contributed by atoms with van der Waals surface area (Å²) in [6, 6.07) is 0. The summed E-state index contributed by atoms with van der Waals surface area (Å²) in [7, 11) is 1.39. The minimum absolute atomic E-state index is 0.215. The first-order valence-electron chi connectivity index (χ1n) is 6.04. The second-order valence-electron chi connectivity index (χ2n) is 4.33. The Labute approximate surface area is 117 Å². The lowest BCUT2D eigenvalue weighted by atomic mass is 10.2. The van der Waals surface area contributed by atoms with Gasteiger partial charge in [0, 0.05) is 17.2 Å². The van der Waals surface area contributed by atoms with Gasteiger partial charge >= 0.3 is 5.97 Å². The molecular formula is C12H20N4O2S. The van der Waals surface area contributed by atoms with Crippen LogP contribution in [-0.2, 0) is 9.53 Å². The first-order valence-corrected chi connectivity index (χ1v) is 7.02. The molecule has 1 aromatic heterocycles. The molecule has 0 aliphatic heterocycles. The number of esters is 1. The molecule has 1 heterocycles. The molecular weight excluding hydrogens is 264 g/mol. The summed E-state index contributed by atoms with van der Waals surface area (Å²) in [6.45, 7) is 5.95. The number of carbonyl (C=O) groups is 1. The van der Waals surface area contributed by atoms with E-state index in [0.717, 1.165) is 16.4 Å². The Morgan fingerprint density at radius 2 is 2.16 bits per heavy atom. The Morgan fingerprint density at radius 3 is 2.68 bits per heavy atom. The zero-order valence-corrected chi connectivity index (χ0v) is 12.5. The molecule has 19 heavy (non-hydrogen) atoms. The lowest BCUT2D eigenvalue weighted by molar-refractivity contribution is -0.140. The summed E-state index contributed by atoms with van der Waals surface area (Å²) in [5.41, 5.74) is 3.48. The molecule has 0 unspecified atom stereocenters. The highest BCUT2D eigenvalue weighted by Crippen LogP contribution is 2.27. The van der Waals surface area contributed by atoms with Crippen LogP contribution in [0.15, 0.2) is 5.03 Å². The van der Waals surface area contributed by atoms with E-state index in [2.05, 4.69) is 20.1 Å². The van der Waals surface area contributed by atoms with Gasteiger partial charge in [-0.3, -0.25) is 4.79 Å². The molecule has 0 atom stereocenters. The Morgan fingerprint density at radius 1 is 1.47 bits per heavy atom. The van der Waals surface area contributed by atoms with Crippen LogP contribution in [0.3, 0.4) is 0 Å². The van der Waals surface area contributed by atoms with E-state index in [-0.39, 0.29) is 11.9 Å². The third-order valence-corrected chi connectivity index (χ3v) is 3.62. The number of carbonyl (C=O) groups excluding carboxylic acids is 1. The molecule has 0 bridgehead atoms. The van der Waals surface area contributed by atoms with Crippen LogP contribution in [0, 0.1) is 6.92 Å². The van der Waals surface area contributed by atoms with Gasteiger partial charge in [-0.2, -0.15) is 0 Å². The van der Waals surface area contributed by atoms with Gasteiger partial charge in [0.2, 0.25) is 0 Å². The zero-order valence-electron chi connectivity index (χ0n) is 11.7. The molecule has 1 aromatic rings. The molecule has 0 amide bonds. The van der Waals surface area contributed by atoms with E-state index < -0.39 is 0 Å². The number of methoxy groups -OCH3 is 1.